The molecule has 0 unspecified atom stereocenters. The quantitative estimate of drug-likeness (QED) is 0.0988. The Bertz CT molecular complexity index is 3310. The minimum atomic E-state index is -1.46. The van der Waals surface area contributed by atoms with E-state index in [1.54, 1.807) is 0 Å². The summed E-state index contributed by atoms with van der Waals surface area (Å²) >= 11 is 0. The summed E-state index contributed by atoms with van der Waals surface area (Å²) in [7, 11) is 0. The van der Waals surface area contributed by atoms with E-state index in [2.05, 4.69) is 158 Å². The SMILES string of the molecule is O=C([O-])C1=C=C=C(C2=C=C=C(C3=C=C(C4=C=C=C(C5=C=C=C(C(=O)[O-])C#C5)C#C4)[C-]=C(C4=C=C=C(C5=C=C=C(C(=O)[O-])C#C5)C#C4)[C+]3)C#C2)C#C1.[Li].[Li].[Li].[Li].[Li].[Li].[Li].[Li].[Li].[Li].[Li].[Li].[Li].[Li].[Li].[Li].[Li].[Li].[Li].[Li].[Li].[Li].[Li].[Li].[Li].[Li].[Li]. The fraction of sp³-hybridized carbons (Fsp3) is 0. The van der Waals surface area contributed by atoms with Crippen molar-refractivity contribution in [2.24, 2.45) is 0 Å². The van der Waals surface area contributed by atoms with Crippen LogP contribution in [0.5, 0.6) is 0 Å². The molecule has 0 saturated carbocycles. The van der Waals surface area contributed by atoms with E-state index in [0.29, 0.717) is 50.2 Å². The summed E-state index contributed by atoms with van der Waals surface area (Å²) < 4.78 is 0. The number of hydrogen-bond acceptors (Lipinski definition) is 6. The second kappa shape index (κ2) is 74.6. The fourth-order valence-electron chi connectivity index (χ4n) is 4.15. The van der Waals surface area contributed by atoms with E-state index in [9.17, 15) is 29.7 Å². The molecule has 0 heterocycles. The zero-order valence-corrected chi connectivity index (χ0v) is 51.9. The van der Waals surface area contributed by atoms with Crippen molar-refractivity contribution in [1.29, 1.82) is 0 Å². The van der Waals surface area contributed by atoms with Gasteiger partial charge in [0.2, 0.25) is 0 Å². The summed E-state index contributed by atoms with van der Waals surface area (Å²) in [5.74, 6) is 28.4. The van der Waals surface area contributed by atoms with E-state index in [0.717, 1.165) is 0 Å². The molecule has 7 aliphatic rings. The molecular formula is C45Li27O6-3. The summed E-state index contributed by atoms with van der Waals surface area (Å²) in [5, 5.41) is 33.1. The molecule has 28 radical (unpaired) electrons. The van der Waals surface area contributed by atoms with Crippen molar-refractivity contribution in [1.82, 2.24) is 0 Å². The Morgan fingerprint density at radius 1 is 0.269 bits per heavy atom. The van der Waals surface area contributed by atoms with Crippen molar-refractivity contribution >= 4 is 527 Å². The van der Waals surface area contributed by atoms with Gasteiger partial charge in [0, 0.05) is 538 Å². The molecule has 0 N–H and O–H groups in total. The zero-order valence-electron chi connectivity index (χ0n) is 51.9. The van der Waals surface area contributed by atoms with E-state index in [1.807, 2.05) is 0 Å². The van der Waals surface area contributed by atoms with Gasteiger partial charge in [0.1, 0.15) is 0 Å². The maximum Gasteiger partial charge on any atom is 0.0993 e. The Kier molecular flexibility index (Phi) is 140. The molecule has 0 aliphatic heterocycles. The van der Waals surface area contributed by atoms with Crippen molar-refractivity contribution in [3.63, 3.8) is 0 Å². The Morgan fingerprint density at radius 2 is 0.474 bits per heavy atom. The molecule has 0 aromatic rings. The third kappa shape index (κ3) is 42.1. The smallest absolute Gasteiger partial charge is 0.0993 e. The van der Waals surface area contributed by atoms with Gasteiger partial charge in [0.15, 0.2) is 0 Å². The zero-order chi connectivity index (χ0) is 35.5. The van der Waals surface area contributed by atoms with Crippen LogP contribution in [0.1, 0.15) is 0 Å². The Hall–Kier alpha value is 6.83. The summed E-state index contributed by atoms with van der Waals surface area (Å²) in [5.41, 5.74) is 38.7. The fourth-order valence-corrected chi connectivity index (χ4v) is 4.15. The van der Waals surface area contributed by atoms with Crippen molar-refractivity contribution in [3.05, 3.63) is 171 Å². The molecule has 78 heavy (non-hydrogen) atoms. The summed E-state index contributed by atoms with van der Waals surface area (Å²) in [6.45, 7) is 0. The Morgan fingerprint density at radius 3 is 0.692 bits per heavy atom. The average molecular weight is 824 g/mol. The van der Waals surface area contributed by atoms with Crippen molar-refractivity contribution in [3.8, 4) is 71.0 Å². The van der Waals surface area contributed by atoms with Gasteiger partial charge >= 0.3 is 0 Å². The maximum absolute atomic E-state index is 11.0. The Labute approximate surface area is 782 Å². The normalized spacial score (nSPS) is 10.7. The first-order chi connectivity index (χ1) is 24.7. The third-order valence-corrected chi connectivity index (χ3v) is 6.61. The first kappa shape index (κ1) is 146. The number of allylic oxidation sites excluding steroid dienone is 12. The van der Waals surface area contributed by atoms with Crippen LogP contribution in [0.3, 0.4) is 0 Å². The molecule has 0 aromatic carbocycles. The number of carbonyl (C=O) groups is 3. The minimum absolute atomic E-state index is 0. The first-order valence-corrected chi connectivity index (χ1v) is 14.0. The molecule has 0 aromatic heterocycles. The number of hydrogen-bond donors (Lipinski definition) is 0. The number of aliphatic carboxylic acids is 3. The summed E-state index contributed by atoms with van der Waals surface area (Å²) in [4.78, 5) is 33.1. The summed E-state index contributed by atoms with van der Waals surface area (Å²) in [6, 6.07) is 0. The van der Waals surface area contributed by atoms with Gasteiger partial charge in [-0.1, -0.05) is 40.7 Å². The van der Waals surface area contributed by atoms with Crippen LogP contribution in [0.4, 0.5) is 0 Å². The van der Waals surface area contributed by atoms with Gasteiger partial charge in [-0.05, 0) is 105 Å². The number of carbonyl (C=O) groups excluding carboxylic acids is 3. The molecule has 7 rings (SSSR count). The van der Waals surface area contributed by atoms with Crippen molar-refractivity contribution in [2.75, 3.05) is 0 Å². The molecule has 0 fully saturated rings. The number of carboxylic acid groups (broad SMARTS) is 3. The van der Waals surface area contributed by atoms with Gasteiger partial charge in [-0.25, -0.2) is 0 Å². The van der Waals surface area contributed by atoms with Crippen LogP contribution in [-0.4, -0.2) is 527 Å². The second-order valence-corrected chi connectivity index (χ2v) is 9.86. The van der Waals surface area contributed by atoms with E-state index < -0.39 is 17.9 Å². The van der Waals surface area contributed by atoms with Crippen LogP contribution in [-0.2, 0) is 14.4 Å². The van der Waals surface area contributed by atoms with Crippen LogP contribution in [0, 0.1) is 83.5 Å². The van der Waals surface area contributed by atoms with Crippen molar-refractivity contribution in [2.45, 2.75) is 0 Å². The first-order valence-electron chi connectivity index (χ1n) is 14.0. The largest absolute Gasteiger partial charge is 0.543 e. The molecule has 0 atom stereocenters. The molecule has 7 aliphatic carbocycles. The standard InChI is InChI=1S/C45H3O6.27Li/c46-43(47)37-19-13-31(14-20-37)28-1-7-34(8-2-28)40-25-41(35-9-3-29(4-10-35)32-15-21-38(22-16-32)44(48)49)27-42(26-40)36-11-5-30(6-12-36)33-17-23-39(24-18-33)45(50)51;;;;;;;;;;;;;;;;;;;;;;;;;;;/h(H,46,47)(H,48,49)(H,50,51);;;;;;;;;;;;;;;;;;;;;;;;;;;/p-3. The summed E-state index contributed by atoms with van der Waals surface area (Å²) in [6.07, 6.45) is 6.32. The van der Waals surface area contributed by atoms with Crippen LogP contribution in [0.15, 0.2) is 158 Å². The topological polar surface area (TPSA) is 120 Å². The number of carboxylic acids is 3. The molecule has 246 valence electrons. The van der Waals surface area contributed by atoms with E-state index in [4.69, 9.17) is 0 Å². The number of rotatable bonds is 9. The molecule has 0 saturated heterocycles. The van der Waals surface area contributed by atoms with E-state index in [1.165, 1.54) is 0 Å². The molecule has 6 nitrogen and oxygen atoms in total. The van der Waals surface area contributed by atoms with E-state index in [-0.39, 0.29) is 543 Å². The predicted molar refractivity (Wildman–Crippen MR) is 322 cm³/mol. The van der Waals surface area contributed by atoms with Crippen LogP contribution in [0.2, 0.25) is 0 Å². The van der Waals surface area contributed by atoms with Crippen LogP contribution in [0.25, 0.3) is 0 Å². The third-order valence-electron chi connectivity index (χ3n) is 6.61. The Balaban J connectivity index is -0.0000000633. The predicted octanol–water partition coefficient (Wildman–Crippen LogP) is -11.0. The van der Waals surface area contributed by atoms with Gasteiger partial charge in [-0.15, -0.1) is 0 Å². The van der Waals surface area contributed by atoms with E-state index >= 15 is 0 Å². The average Bonchev–Trinajstić information content (AvgIpc) is 3.18. The van der Waals surface area contributed by atoms with Gasteiger partial charge in [0.05, 0.1) is 84.8 Å². The molecule has 0 spiro atoms. The van der Waals surface area contributed by atoms with Gasteiger partial charge in [-0.3, -0.25) is 0 Å². The molecule has 0 amide bonds. The van der Waals surface area contributed by atoms with Gasteiger partial charge < -0.3 is 29.7 Å². The second-order valence-electron chi connectivity index (χ2n) is 9.86. The van der Waals surface area contributed by atoms with Crippen molar-refractivity contribution < 1.29 is 29.7 Å². The molecule has 0 bridgehead atoms. The van der Waals surface area contributed by atoms with Crippen LogP contribution >= 0.6 is 0 Å². The van der Waals surface area contributed by atoms with Gasteiger partial charge in [0.25, 0.3) is 0 Å². The van der Waals surface area contributed by atoms with Crippen LogP contribution < -0.4 is 15.3 Å². The molecular weight excluding hydrogens is 824 g/mol. The maximum atomic E-state index is 11.0. The molecule has 33 heteroatoms. The van der Waals surface area contributed by atoms with Gasteiger partial charge in [-0.2, -0.15) is 0 Å². The minimum Gasteiger partial charge on any atom is -0.543 e. The monoisotopic (exact) mass is 825 g/mol.